The normalized spacial score (nSPS) is 20.2. The highest BCUT2D eigenvalue weighted by Gasteiger charge is 2.43. The summed E-state index contributed by atoms with van der Waals surface area (Å²) in [4.78, 5) is 33.1. The van der Waals surface area contributed by atoms with Crippen LogP contribution in [0.2, 0.25) is 0 Å². The van der Waals surface area contributed by atoms with E-state index in [9.17, 15) is 9.59 Å². The van der Waals surface area contributed by atoms with E-state index in [1.165, 1.54) is 10.5 Å². The zero-order valence-electron chi connectivity index (χ0n) is 18.1. The van der Waals surface area contributed by atoms with E-state index in [4.69, 9.17) is 0 Å². The third-order valence-corrected chi connectivity index (χ3v) is 7.68. The maximum absolute atomic E-state index is 12.7. The van der Waals surface area contributed by atoms with Crippen LogP contribution in [0.1, 0.15) is 35.3 Å². The van der Waals surface area contributed by atoms with Crippen molar-refractivity contribution in [2.45, 2.75) is 32.1 Å². The Labute approximate surface area is 192 Å². The Kier molecular flexibility index (Phi) is 5.93. The van der Waals surface area contributed by atoms with Crippen LogP contribution >= 0.6 is 11.3 Å². The molecular weight excluding hydrogens is 420 g/mol. The summed E-state index contributed by atoms with van der Waals surface area (Å²) in [6.45, 7) is 3.15. The smallest absolute Gasteiger partial charge is 0.246 e. The van der Waals surface area contributed by atoms with Crippen LogP contribution in [0.25, 0.3) is 6.08 Å². The number of amides is 2. The summed E-state index contributed by atoms with van der Waals surface area (Å²) >= 11 is 1.78. The Morgan fingerprint density at radius 2 is 2.19 bits per heavy atom. The van der Waals surface area contributed by atoms with Crippen molar-refractivity contribution in [2.75, 3.05) is 31.5 Å². The molecule has 2 N–H and O–H groups in total. The number of carbonyl (C=O) groups is 2. The summed E-state index contributed by atoms with van der Waals surface area (Å²) in [7, 11) is 0. The molecule has 1 saturated heterocycles. The fraction of sp³-hybridized carbons (Fsp3) is 0.400. The number of hydrogen-bond acceptors (Lipinski definition) is 5. The average molecular weight is 449 g/mol. The Morgan fingerprint density at radius 3 is 2.94 bits per heavy atom. The Hall–Kier alpha value is -2.77. The number of piperidine rings is 1. The van der Waals surface area contributed by atoms with E-state index in [-0.39, 0.29) is 17.2 Å². The summed E-state index contributed by atoms with van der Waals surface area (Å²) in [6.07, 6.45) is 11.7. The van der Waals surface area contributed by atoms with Crippen molar-refractivity contribution < 1.29 is 9.59 Å². The molecule has 5 rings (SSSR count). The maximum atomic E-state index is 12.7. The van der Waals surface area contributed by atoms with Gasteiger partial charge in [-0.3, -0.25) is 9.59 Å². The molecule has 2 amide bonds. The van der Waals surface area contributed by atoms with Gasteiger partial charge in [-0.1, -0.05) is 17.7 Å². The van der Waals surface area contributed by atoms with Gasteiger partial charge < -0.3 is 15.5 Å². The van der Waals surface area contributed by atoms with Crippen LogP contribution in [0.4, 0.5) is 5.82 Å². The van der Waals surface area contributed by atoms with Crippen LogP contribution in [-0.2, 0) is 22.4 Å². The van der Waals surface area contributed by atoms with Gasteiger partial charge in [0.15, 0.2) is 0 Å². The molecule has 2 aromatic rings. The summed E-state index contributed by atoms with van der Waals surface area (Å²) in [5.41, 5.74) is 3.02. The first-order valence-electron chi connectivity index (χ1n) is 11.3. The lowest BCUT2D eigenvalue weighted by molar-refractivity contribution is -0.127. The van der Waals surface area contributed by atoms with Gasteiger partial charge in [-0.2, -0.15) is 0 Å². The van der Waals surface area contributed by atoms with Crippen LogP contribution in [0.5, 0.6) is 0 Å². The van der Waals surface area contributed by atoms with E-state index in [2.05, 4.69) is 45.3 Å². The number of nitrogens with zero attached hydrogens (tertiary/aromatic N) is 2. The van der Waals surface area contributed by atoms with Gasteiger partial charge in [0.1, 0.15) is 5.82 Å². The minimum Gasteiger partial charge on any atom is -0.335 e. The largest absolute Gasteiger partial charge is 0.335 e. The SMILES string of the molecule is O=C(/C=C/c1cnc2c(c1)CC1(CCNCC1)C(=O)N2)N1CC=C(Cc2cccs2)CC1. The van der Waals surface area contributed by atoms with E-state index >= 15 is 0 Å². The van der Waals surface area contributed by atoms with Gasteiger partial charge in [0, 0.05) is 36.7 Å². The van der Waals surface area contributed by atoms with Gasteiger partial charge in [-0.05, 0) is 73.5 Å². The molecule has 0 aromatic carbocycles. The van der Waals surface area contributed by atoms with E-state index < -0.39 is 0 Å². The van der Waals surface area contributed by atoms with Crippen LogP contribution in [0.15, 0.2) is 47.5 Å². The number of anilines is 1. The van der Waals surface area contributed by atoms with E-state index in [1.54, 1.807) is 23.6 Å². The van der Waals surface area contributed by atoms with Gasteiger partial charge in [0.2, 0.25) is 11.8 Å². The quantitative estimate of drug-likeness (QED) is 0.555. The molecule has 0 saturated carbocycles. The predicted octanol–water partition coefficient (Wildman–Crippen LogP) is 3.42. The third-order valence-electron chi connectivity index (χ3n) is 6.81. The van der Waals surface area contributed by atoms with Crippen molar-refractivity contribution in [2.24, 2.45) is 5.41 Å². The number of pyridine rings is 1. The molecule has 5 heterocycles. The zero-order valence-corrected chi connectivity index (χ0v) is 18.9. The molecular formula is C25H28N4O2S. The monoisotopic (exact) mass is 448 g/mol. The molecule has 3 aliphatic heterocycles. The topological polar surface area (TPSA) is 74.3 Å². The first-order chi connectivity index (χ1) is 15.6. The van der Waals surface area contributed by atoms with Gasteiger partial charge in [-0.25, -0.2) is 4.98 Å². The van der Waals surface area contributed by atoms with Crippen LogP contribution in [0, 0.1) is 5.41 Å². The molecule has 6 nitrogen and oxygen atoms in total. The number of carbonyl (C=O) groups excluding carboxylic acids is 2. The highest BCUT2D eigenvalue weighted by molar-refractivity contribution is 7.09. The fourth-order valence-electron chi connectivity index (χ4n) is 4.84. The van der Waals surface area contributed by atoms with Gasteiger partial charge in [0.25, 0.3) is 0 Å². The Bertz CT molecular complexity index is 1070. The second-order valence-corrected chi connectivity index (χ2v) is 9.96. The van der Waals surface area contributed by atoms with Crippen LogP contribution in [0.3, 0.4) is 0 Å². The fourth-order valence-corrected chi connectivity index (χ4v) is 5.60. The lowest BCUT2D eigenvalue weighted by Crippen LogP contribution is -2.48. The molecule has 0 unspecified atom stereocenters. The molecule has 0 radical (unpaired) electrons. The van der Waals surface area contributed by atoms with Gasteiger partial charge >= 0.3 is 0 Å². The second kappa shape index (κ2) is 9.00. The predicted molar refractivity (Wildman–Crippen MR) is 127 cm³/mol. The molecule has 1 spiro atoms. The van der Waals surface area contributed by atoms with E-state index in [0.29, 0.717) is 18.8 Å². The van der Waals surface area contributed by atoms with Crippen LogP contribution in [-0.4, -0.2) is 47.9 Å². The molecule has 3 aliphatic rings. The zero-order chi connectivity index (χ0) is 22.0. The van der Waals surface area contributed by atoms with Crippen molar-refractivity contribution in [3.63, 3.8) is 0 Å². The van der Waals surface area contributed by atoms with Crippen molar-refractivity contribution in [1.82, 2.24) is 15.2 Å². The van der Waals surface area contributed by atoms with Crippen molar-refractivity contribution >= 4 is 35.0 Å². The Morgan fingerprint density at radius 1 is 1.31 bits per heavy atom. The Balaban J connectivity index is 1.23. The van der Waals surface area contributed by atoms with Crippen molar-refractivity contribution in [3.8, 4) is 0 Å². The van der Waals surface area contributed by atoms with E-state index in [1.807, 2.05) is 11.0 Å². The molecule has 7 heteroatoms. The molecule has 32 heavy (non-hydrogen) atoms. The van der Waals surface area contributed by atoms with Gasteiger partial charge in [-0.15, -0.1) is 11.3 Å². The lowest BCUT2D eigenvalue weighted by Gasteiger charge is -2.39. The minimum absolute atomic E-state index is 0.0253. The first-order valence-corrected chi connectivity index (χ1v) is 12.2. The molecule has 1 fully saturated rings. The second-order valence-electron chi connectivity index (χ2n) is 8.92. The highest BCUT2D eigenvalue weighted by Crippen LogP contribution is 2.39. The number of hydrogen-bond donors (Lipinski definition) is 2. The summed E-state index contributed by atoms with van der Waals surface area (Å²) < 4.78 is 0. The number of nitrogens with one attached hydrogen (secondary N) is 2. The highest BCUT2D eigenvalue weighted by atomic mass is 32.1. The number of thiophene rings is 1. The average Bonchev–Trinajstić information content (AvgIpc) is 3.32. The van der Waals surface area contributed by atoms with Gasteiger partial charge in [0.05, 0.1) is 5.41 Å². The van der Waals surface area contributed by atoms with Crippen molar-refractivity contribution in [3.05, 3.63) is 63.5 Å². The molecule has 166 valence electrons. The summed E-state index contributed by atoms with van der Waals surface area (Å²) in [5.74, 6) is 0.772. The molecule has 0 aliphatic carbocycles. The molecule has 0 atom stereocenters. The van der Waals surface area contributed by atoms with Crippen LogP contribution < -0.4 is 10.6 Å². The lowest BCUT2D eigenvalue weighted by atomic mass is 9.71. The summed E-state index contributed by atoms with van der Waals surface area (Å²) in [5, 5.41) is 8.44. The summed E-state index contributed by atoms with van der Waals surface area (Å²) in [6, 6.07) is 6.31. The number of aromatic nitrogens is 1. The minimum atomic E-state index is -0.334. The third kappa shape index (κ3) is 4.40. The number of rotatable bonds is 4. The molecule has 0 bridgehead atoms. The molecule has 2 aromatic heterocycles. The standard InChI is InChI=1S/C25H28N4O2S/c30-22(29-11-5-18(6-12-29)15-21-2-1-13-32-21)4-3-19-14-20-16-25(7-9-26-10-8-25)24(31)28-23(20)27-17-19/h1-5,13-14,17,26H,6-12,15-16H2,(H,27,28,31)/b4-3+. The van der Waals surface area contributed by atoms with E-state index in [0.717, 1.165) is 56.4 Å². The number of fused-ring (bicyclic) bond motifs is 1. The first kappa shape index (κ1) is 21.1. The van der Waals surface area contributed by atoms with Crippen molar-refractivity contribution in [1.29, 1.82) is 0 Å². The maximum Gasteiger partial charge on any atom is 0.246 e.